The van der Waals surface area contributed by atoms with Gasteiger partial charge < -0.3 is 5.32 Å². The number of nitrogens with zero attached hydrogens (tertiary/aromatic N) is 1. The quantitative estimate of drug-likeness (QED) is 0.557. The molecule has 4 nitrogen and oxygen atoms in total. The molecule has 0 fully saturated rings. The summed E-state index contributed by atoms with van der Waals surface area (Å²) < 4.78 is 27.2. The van der Waals surface area contributed by atoms with E-state index in [1.807, 2.05) is 0 Å². The summed E-state index contributed by atoms with van der Waals surface area (Å²) in [7, 11) is 0. The number of nitro groups is 1. The summed E-state index contributed by atoms with van der Waals surface area (Å²) in [6.45, 7) is 0.142. The summed E-state index contributed by atoms with van der Waals surface area (Å²) in [6, 6.07) is 6.46. The maximum absolute atomic E-state index is 13.7. The number of halogens is 4. The first kappa shape index (κ1) is 15.8. The summed E-state index contributed by atoms with van der Waals surface area (Å²) in [4.78, 5) is 10.3. The van der Waals surface area contributed by atoms with Gasteiger partial charge in [0, 0.05) is 23.2 Å². The van der Waals surface area contributed by atoms with Crippen LogP contribution in [0.2, 0.25) is 0 Å². The Morgan fingerprint density at radius 1 is 1.24 bits per heavy atom. The van der Waals surface area contributed by atoms with Crippen LogP contribution in [0.5, 0.6) is 0 Å². The molecule has 0 spiro atoms. The molecule has 110 valence electrons. The van der Waals surface area contributed by atoms with Crippen LogP contribution in [0.3, 0.4) is 0 Å². The molecule has 1 N–H and O–H groups in total. The lowest BCUT2D eigenvalue weighted by atomic mass is 10.2. The molecule has 0 aromatic heterocycles. The van der Waals surface area contributed by atoms with Crippen LogP contribution >= 0.6 is 31.9 Å². The second-order valence-corrected chi connectivity index (χ2v) is 5.75. The van der Waals surface area contributed by atoms with Gasteiger partial charge in [-0.25, -0.2) is 8.78 Å². The zero-order valence-electron chi connectivity index (χ0n) is 10.4. The third kappa shape index (κ3) is 3.56. The molecule has 0 radical (unpaired) electrons. The van der Waals surface area contributed by atoms with E-state index >= 15 is 0 Å². The molecule has 0 aliphatic rings. The lowest BCUT2D eigenvalue weighted by molar-refractivity contribution is -0.385. The molecule has 0 aliphatic heterocycles. The van der Waals surface area contributed by atoms with Gasteiger partial charge in [-0.2, -0.15) is 0 Å². The number of rotatable bonds is 4. The highest BCUT2D eigenvalue weighted by atomic mass is 79.9. The molecule has 0 saturated carbocycles. The fourth-order valence-electron chi connectivity index (χ4n) is 1.74. The predicted octanol–water partition coefficient (Wildman–Crippen LogP) is 5.01. The molecule has 0 atom stereocenters. The maximum Gasteiger partial charge on any atom is 0.283 e. The highest BCUT2D eigenvalue weighted by Crippen LogP contribution is 2.31. The van der Waals surface area contributed by atoms with Crippen LogP contribution in [-0.4, -0.2) is 4.92 Å². The van der Waals surface area contributed by atoms with Gasteiger partial charge >= 0.3 is 0 Å². The Hall–Kier alpha value is -1.54. The highest BCUT2D eigenvalue weighted by Gasteiger charge is 2.15. The topological polar surface area (TPSA) is 55.2 Å². The molecular weight excluding hydrogens is 414 g/mol. The predicted molar refractivity (Wildman–Crippen MR) is 82.2 cm³/mol. The third-order valence-corrected chi connectivity index (χ3v) is 4.26. The van der Waals surface area contributed by atoms with Gasteiger partial charge in [0.1, 0.15) is 16.1 Å². The summed E-state index contributed by atoms with van der Waals surface area (Å²) in [5.74, 6) is -1.44. The summed E-state index contributed by atoms with van der Waals surface area (Å²) in [5.41, 5.74) is 0.600. The van der Waals surface area contributed by atoms with Crippen LogP contribution in [0, 0.1) is 21.7 Å². The van der Waals surface area contributed by atoms with Gasteiger partial charge in [-0.3, -0.25) is 10.1 Å². The average molecular weight is 422 g/mol. The van der Waals surface area contributed by atoms with Gasteiger partial charge in [0.2, 0.25) is 0 Å². The van der Waals surface area contributed by atoms with Crippen molar-refractivity contribution >= 4 is 43.2 Å². The fraction of sp³-hybridized carbons (Fsp3) is 0.0769. The lowest BCUT2D eigenvalue weighted by Crippen LogP contribution is -2.04. The first-order valence-corrected chi connectivity index (χ1v) is 7.29. The number of benzene rings is 2. The van der Waals surface area contributed by atoms with Crippen molar-refractivity contribution < 1.29 is 13.7 Å². The number of nitro benzene ring substituents is 1. The monoisotopic (exact) mass is 420 g/mol. The Morgan fingerprint density at radius 3 is 2.57 bits per heavy atom. The molecule has 0 unspecified atom stereocenters. The Labute approximate surface area is 135 Å². The van der Waals surface area contributed by atoms with E-state index in [9.17, 15) is 18.9 Å². The summed E-state index contributed by atoms with van der Waals surface area (Å²) in [5, 5.41) is 13.6. The molecule has 2 aromatic carbocycles. The Kier molecular flexibility index (Phi) is 4.89. The van der Waals surface area contributed by atoms with Crippen molar-refractivity contribution in [1.29, 1.82) is 0 Å². The summed E-state index contributed by atoms with van der Waals surface area (Å²) in [6.07, 6.45) is 0. The lowest BCUT2D eigenvalue weighted by Gasteiger charge is -2.11. The van der Waals surface area contributed by atoms with Gasteiger partial charge in [-0.1, -0.05) is 12.1 Å². The molecular formula is C13H8Br2F2N2O2. The van der Waals surface area contributed by atoms with Crippen LogP contribution in [0.25, 0.3) is 0 Å². The van der Waals surface area contributed by atoms with Crippen LogP contribution < -0.4 is 5.32 Å². The van der Waals surface area contributed by atoms with Crippen molar-refractivity contribution in [2.45, 2.75) is 6.54 Å². The largest absolute Gasteiger partial charge is 0.378 e. The standard InChI is InChI=1S/C13H8Br2F2N2O2/c14-9-4-8(16)5-10(17)13(9)18-6-7-2-1-3-11(12(7)15)19(20)21/h1-5,18H,6H2. The number of hydrogen-bond acceptors (Lipinski definition) is 3. The van der Waals surface area contributed by atoms with Crippen LogP contribution in [0.4, 0.5) is 20.2 Å². The fourth-order valence-corrected chi connectivity index (χ4v) is 2.84. The van der Waals surface area contributed by atoms with Gasteiger partial charge in [-0.05, 0) is 43.5 Å². The van der Waals surface area contributed by atoms with Gasteiger partial charge in [0.05, 0.1) is 10.6 Å². The van der Waals surface area contributed by atoms with Crippen molar-refractivity contribution in [3.63, 3.8) is 0 Å². The van der Waals surface area contributed by atoms with Gasteiger partial charge in [-0.15, -0.1) is 0 Å². The zero-order chi connectivity index (χ0) is 15.6. The average Bonchev–Trinajstić information content (AvgIpc) is 2.38. The molecule has 8 heteroatoms. The molecule has 21 heavy (non-hydrogen) atoms. The van der Waals surface area contributed by atoms with Crippen LogP contribution in [0.1, 0.15) is 5.56 Å². The van der Waals surface area contributed by atoms with Crippen molar-refractivity contribution in [3.05, 3.63) is 66.6 Å². The van der Waals surface area contributed by atoms with E-state index in [1.54, 1.807) is 6.07 Å². The molecule has 0 aliphatic carbocycles. The molecule has 0 bridgehead atoms. The maximum atomic E-state index is 13.7. The second-order valence-electron chi connectivity index (χ2n) is 4.11. The minimum atomic E-state index is -0.747. The summed E-state index contributed by atoms with van der Waals surface area (Å²) >= 11 is 6.22. The second kappa shape index (κ2) is 6.48. The van der Waals surface area contributed by atoms with E-state index in [0.717, 1.165) is 12.1 Å². The Balaban J connectivity index is 2.25. The van der Waals surface area contributed by atoms with Gasteiger partial charge in [0.15, 0.2) is 0 Å². The normalized spacial score (nSPS) is 10.5. The van der Waals surface area contributed by atoms with Crippen LogP contribution in [0.15, 0.2) is 39.3 Å². The highest BCUT2D eigenvalue weighted by molar-refractivity contribution is 9.11. The Morgan fingerprint density at radius 2 is 1.95 bits per heavy atom. The van der Waals surface area contributed by atoms with Crippen molar-refractivity contribution in [3.8, 4) is 0 Å². The molecule has 2 rings (SSSR count). The molecule has 0 amide bonds. The smallest absolute Gasteiger partial charge is 0.283 e. The van der Waals surface area contributed by atoms with Crippen molar-refractivity contribution in [2.24, 2.45) is 0 Å². The van der Waals surface area contributed by atoms with Crippen molar-refractivity contribution in [1.82, 2.24) is 0 Å². The minimum absolute atomic E-state index is 0.0760. The SMILES string of the molecule is O=[N+]([O-])c1cccc(CNc2c(F)cc(F)cc2Br)c1Br. The zero-order valence-corrected chi connectivity index (χ0v) is 13.5. The first-order chi connectivity index (χ1) is 9.90. The van der Waals surface area contributed by atoms with Crippen molar-refractivity contribution in [2.75, 3.05) is 5.32 Å². The number of anilines is 1. The van der Waals surface area contributed by atoms with E-state index in [-0.39, 0.29) is 22.4 Å². The Bertz CT molecular complexity index is 688. The molecule has 2 aromatic rings. The van der Waals surface area contributed by atoms with E-state index in [4.69, 9.17) is 0 Å². The van der Waals surface area contributed by atoms with Gasteiger partial charge in [0.25, 0.3) is 5.69 Å². The number of hydrogen-bond donors (Lipinski definition) is 1. The molecule has 0 heterocycles. The third-order valence-electron chi connectivity index (χ3n) is 2.72. The molecule has 0 saturated heterocycles. The number of nitrogens with one attached hydrogen (secondary N) is 1. The van der Waals surface area contributed by atoms with E-state index in [1.165, 1.54) is 12.1 Å². The van der Waals surface area contributed by atoms with E-state index < -0.39 is 16.6 Å². The van der Waals surface area contributed by atoms with E-state index in [2.05, 4.69) is 37.2 Å². The van der Waals surface area contributed by atoms with E-state index in [0.29, 0.717) is 10.0 Å². The minimum Gasteiger partial charge on any atom is -0.378 e. The first-order valence-electron chi connectivity index (χ1n) is 5.70. The van der Waals surface area contributed by atoms with Crippen LogP contribution in [-0.2, 0) is 6.54 Å².